The predicted octanol–water partition coefficient (Wildman–Crippen LogP) is 0.212. The number of piperidine rings is 1. The summed E-state index contributed by atoms with van der Waals surface area (Å²) < 4.78 is 0. The van der Waals surface area contributed by atoms with E-state index in [4.69, 9.17) is 5.73 Å². The van der Waals surface area contributed by atoms with Crippen LogP contribution >= 0.6 is 0 Å². The van der Waals surface area contributed by atoms with Gasteiger partial charge in [-0.1, -0.05) is 6.42 Å². The lowest BCUT2D eigenvalue weighted by Crippen LogP contribution is -2.58. The minimum Gasteiger partial charge on any atom is -0.385 e. The lowest BCUT2D eigenvalue weighted by molar-refractivity contribution is -0.0413. The summed E-state index contributed by atoms with van der Waals surface area (Å²) in [5, 5.41) is 25.5. The molecule has 3 rings (SSSR count). The van der Waals surface area contributed by atoms with E-state index in [9.17, 15) is 19.8 Å². The van der Waals surface area contributed by atoms with E-state index in [1.807, 2.05) is 0 Å². The SMILES string of the molecule is NCCCCCNc1ccc2c(c1)C(=O)N(C1CCC(O)NC1O)C2=O. The molecule has 0 aliphatic carbocycles. The third-order valence-corrected chi connectivity index (χ3v) is 4.92. The van der Waals surface area contributed by atoms with Gasteiger partial charge in [-0.25, -0.2) is 0 Å². The van der Waals surface area contributed by atoms with Gasteiger partial charge in [0.1, 0.15) is 12.5 Å². The Labute approximate surface area is 152 Å². The zero-order valence-electron chi connectivity index (χ0n) is 14.6. The molecule has 26 heavy (non-hydrogen) atoms. The second-order valence-electron chi connectivity index (χ2n) is 6.79. The van der Waals surface area contributed by atoms with Crippen LogP contribution in [0.2, 0.25) is 0 Å². The molecule has 1 saturated heterocycles. The van der Waals surface area contributed by atoms with Crippen molar-refractivity contribution in [1.29, 1.82) is 0 Å². The molecule has 2 aliphatic rings. The van der Waals surface area contributed by atoms with Gasteiger partial charge in [-0.15, -0.1) is 0 Å². The molecule has 1 aromatic rings. The smallest absolute Gasteiger partial charge is 0.262 e. The van der Waals surface area contributed by atoms with Gasteiger partial charge in [-0.05, 0) is 50.4 Å². The Morgan fingerprint density at radius 1 is 1.12 bits per heavy atom. The molecule has 3 unspecified atom stereocenters. The lowest BCUT2D eigenvalue weighted by Gasteiger charge is -2.36. The first-order valence-corrected chi connectivity index (χ1v) is 9.11. The number of nitrogens with one attached hydrogen (secondary N) is 2. The van der Waals surface area contributed by atoms with E-state index in [1.54, 1.807) is 18.2 Å². The number of fused-ring (bicyclic) bond motifs is 1. The van der Waals surface area contributed by atoms with E-state index in [2.05, 4.69) is 10.6 Å². The average Bonchev–Trinajstić information content (AvgIpc) is 2.86. The number of benzene rings is 1. The van der Waals surface area contributed by atoms with Crippen molar-refractivity contribution in [3.63, 3.8) is 0 Å². The van der Waals surface area contributed by atoms with Gasteiger partial charge in [0.25, 0.3) is 11.8 Å². The second kappa shape index (κ2) is 8.13. The molecule has 6 N–H and O–H groups in total. The summed E-state index contributed by atoms with van der Waals surface area (Å²) in [4.78, 5) is 26.5. The molecule has 2 aliphatic heterocycles. The molecule has 0 saturated carbocycles. The van der Waals surface area contributed by atoms with Crippen LogP contribution in [0.25, 0.3) is 0 Å². The number of aliphatic hydroxyl groups excluding tert-OH is 2. The van der Waals surface area contributed by atoms with E-state index >= 15 is 0 Å². The molecule has 2 heterocycles. The standard InChI is InChI=1S/C18H26N4O4/c19-8-2-1-3-9-20-11-4-5-12-13(10-11)18(26)22(17(12)25)14-6-7-15(23)21-16(14)24/h4-5,10,14-16,20-21,23-24H,1-3,6-9,19H2. The van der Waals surface area contributed by atoms with Crippen molar-refractivity contribution >= 4 is 17.5 Å². The van der Waals surface area contributed by atoms with Gasteiger partial charge in [0.15, 0.2) is 0 Å². The van der Waals surface area contributed by atoms with Gasteiger partial charge < -0.3 is 21.3 Å². The topological polar surface area (TPSA) is 128 Å². The number of hydrogen-bond acceptors (Lipinski definition) is 7. The highest BCUT2D eigenvalue weighted by atomic mass is 16.3. The maximum atomic E-state index is 12.8. The summed E-state index contributed by atoms with van der Waals surface area (Å²) >= 11 is 0. The highest BCUT2D eigenvalue weighted by Crippen LogP contribution is 2.30. The molecule has 3 atom stereocenters. The van der Waals surface area contributed by atoms with Crippen LogP contribution in [-0.4, -0.2) is 58.5 Å². The van der Waals surface area contributed by atoms with Crippen LogP contribution in [0, 0.1) is 0 Å². The van der Waals surface area contributed by atoms with Crippen LogP contribution in [0.5, 0.6) is 0 Å². The van der Waals surface area contributed by atoms with Crippen LogP contribution in [0.1, 0.15) is 52.8 Å². The minimum atomic E-state index is -1.14. The van der Waals surface area contributed by atoms with Crippen molar-refractivity contribution in [3.05, 3.63) is 29.3 Å². The normalized spacial score (nSPS) is 25.5. The van der Waals surface area contributed by atoms with Crippen molar-refractivity contribution in [2.45, 2.75) is 50.6 Å². The molecule has 1 fully saturated rings. The Morgan fingerprint density at radius 3 is 2.62 bits per heavy atom. The van der Waals surface area contributed by atoms with E-state index in [1.165, 1.54) is 0 Å². The number of nitrogens with two attached hydrogens (primary N) is 1. The summed E-state index contributed by atoms with van der Waals surface area (Å²) in [6.45, 7) is 1.46. The molecule has 1 aromatic carbocycles. The van der Waals surface area contributed by atoms with E-state index in [0.29, 0.717) is 30.5 Å². The lowest BCUT2D eigenvalue weighted by atomic mass is 10.0. The van der Waals surface area contributed by atoms with Crippen LogP contribution < -0.4 is 16.4 Å². The van der Waals surface area contributed by atoms with E-state index in [-0.39, 0.29) is 0 Å². The molecule has 2 amide bonds. The Hall–Kier alpha value is -2.00. The molecule has 0 radical (unpaired) electrons. The fourth-order valence-corrected chi connectivity index (χ4v) is 3.50. The van der Waals surface area contributed by atoms with E-state index in [0.717, 1.165) is 36.4 Å². The van der Waals surface area contributed by atoms with Crippen molar-refractivity contribution in [2.75, 3.05) is 18.4 Å². The molecule has 142 valence electrons. The molecule has 0 aromatic heterocycles. The third-order valence-electron chi connectivity index (χ3n) is 4.92. The second-order valence-corrected chi connectivity index (χ2v) is 6.79. The zero-order chi connectivity index (χ0) is 18.7. The molecule has 8 heteroatoms. The summed E-state index contributed by atoms with van der Waals surface area (Å²) in [7, 11) is 0. The number of rotatable bonds is 7. The van der Waals surface area contributed by atoms with Crippen LogP contribution in [0.3, 0.4) is 0 Å². The first-order valence-electron chi connectivity index (χ1n) is 9.11. The quantitative estimate of drug-likeness (QED) is 0.346. The summed E-state index contributed by atoms with van der Waals surface area (Å²) in [5.74, 6) is -0.805. The zero-order valence-corrected chi connectivity index (χ0v) is 14.6. The van der Waals surface area contributed by atoms with Crippen molar-refractivity contribution in [2.24, 2.45) is 5.73 Å². The summed E-state index contributed by atoms with van der Waals surface area (Å²) in [6.07, 6.45) is 1.76. The third kappa shape index (κ3) is 3.73. The number of anilines is 1. The van der Waals surface area contributed by atoms with Gasteiger partial charge in [-0.3, -0.25) is 19.8 Å². The number of aliphatic hydroxyl groups is 2. The van der Waals surface area contributed by atoms with Crippen LogP contribution in [-0.2, 0) is 0 Å². The summed E-state index contributed by atoms with van der Waals surface area (Å²) in [6, 6.07) is 4.44. The number of imide groups is 1. The highest BCUT2D eigenvalue weighted by Gasteiger charge is 2.44. The molecule has 0 spiro atoms. The van der Waals surface area contributed by atoms with Crippen molar-refractivity contribution in [3.8, 4) is 0 Å². The van der Waals surface area contributed by atoms with Gasteiger partial charge in [0, 0.05) is 12.2 Å². The van der Waals surface area contributed by atoms with Crippen molar-refractivity contribution < 1.29 is 19.8 Å². The number of nitrogens with zero attached hydrogens (tertiary/aromatic N) is 1. The number of carbonyl (C=O) groups is 2. The first-order chi connectivity index (χ1) is 12.5. The minimum absolute atomic E-state index is 0.347. The fourth-order valence-electron chi connectivity index (χ4n) is 3.50. The molecule has 8 nitrogen and oxygen atoms in total. The average molecular weight is 362 g/mol. The van der Waals surface area contributed by atoms with Gasteiger partial charge >= 0.3 is 0 Å². The van der Waals surface area contributed by atoms with Crippen LogP contribution in [0.15, 0.2) is 18.2 Å². The van der Waals surface area contributed by atoms with E-state index < -0.39 is 30.3 Å². The van der Waals surface area contributed by atoms with Gasteiger partial charge in [0.2, 0.25) is 0 Å². The Bertz CT molecular complexity index is 681. The predicted molar refractivity (Wildman–Crippen MR) is 96.5 cm³/mol. The van der Waals surface area contributed by atoms with Crippen LogP contribution in [0.4, 0.5) is 5.69 Å². The largest absolute Gasteiger partial charge is 0.385 e. The monoisotopic (exact) mass is 362 g/mol. The first kappa shape index (κ1) is 18.8. The van der Waals surface area contributed by atoms with Gasteiger partial charge in [0.05, 0.1) is 17.2 Å². The Morgan fingerprint density at radius 2 is 1.88 bits per heavy atom. The number of hydrogen-bond donors (Lipinski definition) is 5. The molecule has 0 bridgehead atoms. The number of carbonyl (C=O) groups excluding carboxylic acids is 2. The maximum Gasteiger partial charge on any atom is 0.262 e. The number of amides is 2. The highest BCUT2D eigenvalue weighted by molar-refractivity contribution is 6.22. The Kier molecular flexibility index (Phi) is 5.87. The Balaban J connectivity index is 1.69. The fraction of sp³-hybridized carbons (Fsp3) is 0.556. The maximum absolute atomic E-state index is 12.8. The molecular formula is C18H26N4O4. The van der Waals surface area contributed by atoms with Gasteiger partial charge in [-0.2, -0.15) is 0 Å². The number of unbranched alkanes of at least 4 members (excludes halogenated alkanes) is 2. The van der Waals surface area contributed by atoms with Crippen molar-refractivity contribution in [1.82, 2.24) is 10.2 Å². The summed E-state index contributed by atoms with van der Waals surface area (Å²) in [5.41, 5.74) is 6.96. The molecular weight excluding hydrogens is 336 g/mol.